The SMILES string of the molecule is CCCC1CC2CC(F)(F)C(c3cc(F)c(F)c(F)c3)CCC2(F)C1. The Morgan fingerprint density at radius 2 is 1.68 bits per heavy atom. The van der Waals surface area contributed by atoms with Crippen LogP contribution in [0.2, 0.25) is 0 Å². The Balaban J connectivity index is 1.88. The van der Waals surface area contributed by atoms with Gasteiger partial charge in [0.2, 0.25) is 0 Å². The highest BCUT2D eigenvalue weighted by molar-refractivity contribution is 5.26. The lowest BCUT2D eigenvalue weighted by Gasteiger charge is -2.27. The van der Waals surface area contributed by atoms with Gasteiger partial charge >= 0.3 is 0 Å². The van der Waals surface area contributed by atoms with Crippen molar-refractivity contribution in [1.82, 2.24) is 0 Å². The zero-order valence-electron chi connectivity index (χ0n) is 14.1. The number of rotatable bonds is 3. The molecule has 2 aliphatic carbocycles. The zero-order chi connectivity index (χ0) is 18.4. The van der Waals surface area contributed by atoms with E-state index in [1.165, 1.54) is 0 Å². The topological polar surface area (TPSA) is 0 Å². The molecule has 25 heavy (non-hydrogen) atoms. The fourth-order valence-electron chi connectivity index (χ4n) is 4.80. The number of fused-ring (bicyclic) bond motifs is 1. The monoisotopic (exact) mass is 364 g/mol. The number of alkyl halides is 3. The molecule has 2 fully saturated rings. The lowest BCUT2D eigenvalue weighted by molar-refractivity contribution is -0.0512. The van der Waals surface area contributed by atoms with Crippen molar-refractivity contribution in [2.45, 2.75) is 69.4 Å². The highest BCUT2D eigenvalue weighted by atomic mass is 19.3. The molecule has 0 heterocycles. The van der Waals surface area contributed by atoms with E-state index in [4.69, 9.17) is 0 Å². The molecule has 1 aromatic rings. The van der Waals surface area contributed by atoms with Crippen LogP contribution in [0.1, 0.15) is 63.4 Å². The largest absolute Gasteiger partial charge is 0.255 e. The van der Waals surface area contributed by atoms with Gasteiger partial charge in [-0.25, -0.2) is 26.3 Å². The van der Waals surface area contributed by atoms with E-state index in [0.717, 1.165) is 12.8 Å². The molecule has 0 aromatic heterocycles. The van der Waals surface area contributed by atoms with Gasteiger partial charge in [-0.3, -0.25) is 0 Å². The molecule has 0 amide bonds. The number of halogens is 6. The molecule has 4 unspecified atom stereocenters. The maximum absolute atomic E-state index is 15.3. The van der Waals surface area contributed by atoms with Crippen molar-refractivity contribution in [2.24, 2.45) is 11.8 Å². The van der Waals surface area contributed by atoms with E-state index in [2.05, 4.69) is 0 Å². The van der Waals surface area contributed by atoms with Crippen molar-refractivity contribution in [2.75, 3.05) is 0 Å². The van der Waals surface area contributed by atoms with Gasteiger partial charge in [0, 0.05) is 12.3 Å². The molecule has 2 aliphatic rings. The number of hydrogen-bond acceptors (Lipinski definition) is 0. The first kappa shape index (κ1) is 18.6. The summed E-state index contributed by atoms with van der Waals surface area (Å²) in [6, 6.07) is 1.23. The Morgan fingerprint density at radius 1 is 1.04 bits per heavy atom. The third-order valence-corrected chi connectivity index (χ3v) is 5.96. The molecule has 2 saturated carbocycles. The predicted octanol–water partition coefficient (Wildman–Crippen LogP) is 6.54. The van der Waals surface area contributed by atoms with Gasteiger partial charge < -0.3 is 0 Å². The van der Waals surface area contributed by atoms with E-state index in [0.29, 0.717) is 18.6 Å². The summed E-state index contributed by atoms with van der Waals surface area (Å²) in [4.78, 5) is 0. The van der Waals surface area contributed by atoms with Crippen LogP contribution in [0.4, 0.5) is 26.3 Å². The molecule has 6 heteroatoms. The summed E-state index contributed by atoms with van der Waals surface area (Å²) in [7, 11) is 0. The van der Waals surface area contributed by atoms with Gasteiger partial charge in [-0.15, -0.1) is 0 Å². The van der Waals surface area contributed by atoms with Crippen LogP contribution < -0.4 is 0 Å². The molecule has 0 bridgehead atoms. The molecule has 1 aromatic carbocycles. The Labute approximate surface area is 143 Å². The Morgan fingerprint density at radius 3 is 2.28 bits per heavy atom. The van der Waals surface area contributed by atoms with E-state index < -0.39 is 47.3 Å². The summed E-state index contributed by atoms with van der Waals surface area (Å²) >= 11 is 0. The molecule has 0 aliphatic heterocycles. The van der Waals surface area contributed by atoms with Gasteiger partial charge in [0.05, 0.1) is 0 Å². The molecule has 0 nitrogen and oxygen atoms in total. The van der Waals surface area contributed by atoms with Crippen LogP contribution in [0.5, 0.6) is 0 Å². The van der Waals surface area contributed by atoms with Crippen molar-refractivity contribution in [1.29, 1.82) is 0 Å². The maximum atomic E-state index is 15.3. The van der Waals surface area contributed by atoms with Crippen LogP contribution in [0.25, 0.3) is 0 Å². The summed E-state index contributed by atoms with van der Waals surface area (Å²) in [6.07, 6.45) is 1.53. The molecule has 4 atom stereocenters. The molecule has 0 spiro atoms. The van der Waals surface area contributed by atoms with Gasteiger partial charge in [-0.05, 0) is 55.2 Å². The summed E-state index contributed by atoms with van der Waals surface area (Å²) in [5.74, 6) is -10.1. The highest BCUT2D eigenvalue weighted by Crippen LogP contribution is 2.57. The third-order valence-electron chi connectivity index (χ3n) is 5.96. The molecule has 0 saturated heterocycles. The average Bonchev–Trinajstić information content (AvgIpc) is 2.75. The van der Waals surface area contributed by atoms with Gasteiger partial charge in [0.25, 0.3) is 5.92 Å². The lowest BCUT2D eigenvalue weighted by Crippen LogP contribution is -2.31. The standard InChI is InChI=1S/C19H22F6/c1-2-3-11-6-13-10-19(24,25)14(4-5-18(13,23)9-11)12-7-15(20)17(22)16(21)8-12/h7-8,11,13-14H,2-6,9-10H2,1H3. The van der Waals surface area contributed by atoms with E-state index in [1.54, 1.807) is 0 Å². The van der Waals surface area contributed by atoms with Crippen molar-refractivity contribution >= 4 is 0 Å². The lowest BCUT2D eigenvalue weighted by atomic mass is 9.86. The summed E-state index contributed by atoms with van der Waals surface area (Å²) in [5.41, 5.74) is -1.94. The summed E-state index contributed by atoms with van der Waals surface area (Å²) in [6.45, 7) is 1.99. The Hall–Kier alpha value is -1.20. The second-order valence-electron chi connectivity index (χ2n) is 7.68. The van der Waals surface area contributed by atoms with Gasteiger partial charge in [0.15, 0.2) is 17.5 Å². The maximum Gasteiger partial charge on any atom is 0.255 e. The normalized spacial score (nSPS) is 34.6. The van der Waals surface area contributed by atoms with Crippen molar-refractivity contribution in [3.8, 4) is 0 Å². The minimum absolute atomic E-state index is 0.0568. The first-order valence-electron chi connectivity index (χ1n) is 8.87. The predicted molar refractivity (Wildman–Crippen MR) is 82.8 cm³/mol. The number of hydrogen-bond donors (Lipinski definition) is 0. The molecule has 0 radical (unpaired) electrons. The molecule has 3 rings (SSSR count). The van der Waals surface area contributed by atoms with Crippen molar-refractivity contribution in [3.05, 3.63) is 35.1 Å². The second-order valence-corrected chi connectivity index (χ2v) is 7.68. The molecule has 140 valence electrons. The van der Waals surface area contributed by atoms with E-state index in [1.807, 2.05) is 6.92 Å². The first-order valence-corrected chi connectivity index (χ1v) is 8.87. The smallest absolute Gasteiger partial charge is 0.244 e. The fraction of sp³-hybridized carbons (Fsp3) is 0.684. The minimum Gasteiger partial charge on any atom is -0.244 e. The van der Waals surface area contributed by atoms with Gasteiger partial charge in [-0.2, -0.15) is 0 Å². The van der Waals surface area contributed by atoms with Crippen LogP contribution in [0.15, 0.2) is 12.1 Å². The minimum atomic E-state index is -3.28. The quantitative estimate of drug-likeness (QED) is 0.422. The highest BCUT2D eigenvalue weighted by Gasteiger charge is 2.56. The Kier molecular flexibility index (Phi) is 4.84. The summed E-state index contributed by atoms with van der Waals surface area (Å²) < 4.78 is 84.9. The molecular formula is C19H22F6. The van der Waals surface area contributed by atoms with Crippen LogP contribution in [-0.2, 0) is 0 Å². The molecule has 0 N–H and O–H groups in total. The van der Waals surface area contributed by atoms with Crippen LogP contribution in [0, 0.1) is 29.3 Å². The van der Waals surface area contributed by atoms with Crippen LogP contribution in [0.3, 0.4) is 0 Å². The van der Waals surface area contributed by atoms with Gasteiger partial charge in [0.1, 0.15) is 5.67 Å². The summed E-state index contributed by atoms with van der Waals surface area (Å²) in [5, 5.41) is 0. The van der Waals surface area contributed by atoms with Crippen LogP contribution >= 0.6 is 0 Å². The zero-order valence-corrected chi connectivity index (χ0v) is 14.1. The van der Waals surface area contributed by atoms with E-state index in [-0.39, 0.29) is 30.7 Å². The second kappa shape index (κ2) is 6.51. The first-order chi connectivity index (χ1) is 11.7. The van der Waals surface area contributed by atoms with Crippen molar-refractivity contribution < 1.29 is 26.3 Å². The molecular weight excluding hydrogens is 342 g/mol. The van der Waals surface area contributed by atoms with E-state index >= 15 is 4.39 Å². The van der Waals surface area contributed by atoms with E-state index in [9.17, 15) is 22.0 Å². The third kappa shape index (κ3) is 3.41. The van der Waals surface area contributed by atoms with Crippen molar-refractivity contribution in [3.63, 3.8) is 0 Å². The number of benzene rings is 1. The fourth-order valence-corrected chi connectivity index (χ4v) is 4.80. The average molecular weight is 364 g/mol. The van der Waals surface area contributed by atoms with Gasteiger partial charge in [-0.1, -0.05) is 19.8 Å². The van der Waals surface area contributed by atoms with Crippen LogP contribution in [-0.4, -0.2) is 11.6 Å². The Bertz CT molecular complexity index is 620.